The van der Waals surface area contributed by atoms with E-state index in [1.54, 1.807) is 0 Å². The lowest BCUT2D eigenvalue weighted by Crippen LogP contribution is -2.38. The summed E-state index contributed by atoms with van der Waals surface area (Å²) in [5, 5.41) is -0.227. The van der Waals surface area contributed by atoms with E-state index in [-0.39, 0.29) is 23.1 Å². The number of fused-ring (bicyclic) bond motifs is 1. The van der Waals surface area contributed by atoms with Crippen LogP contribution in [0.3, 0.4) is 0 Å². The summed E-state index contributed by atoms with van der Waals surface area (Å²) in [6.45, 7) is 2.77. The Balaban J connectivity index is 1.74. The number of rotatable bonds is 2. The van der Waals surface area contributed by atoms with E-state index in [0.717, 1.165) is 36.8 Å². The molecule has 0 atom stereocenters. The van der Waals surface area contributed by atoms with Gasteiger partial charge in [0.05, 0.1) is 0 Å². The van der Waals surface area contributed by atoms with Crippen molar-refractivity contribution in [2.75, 3.05) is 0 Å². The summed E-state index contributed by atoms with van der Waals surface area (Å²) in [7, 11) is 0. The van der Waals surface area contributed by atoms with Gasteiger partial charge in [-0.3, -0.25) is 9.59 Å². The van der Waals surface area contributed by atoms with Gasteiger partial charge in [0.15, 0.2) is 0 Å². The third-order valence-electron chi connectivity index (χ3n) is 4.69. The minimum Gasteiger partial charge on any atom is -0.331 e. The first kappa shape index (κ1) is 13.6. The van der Waals surface area contributed by atoms with Crippen molar-refractivity contribution in [3.63, 3.8) is 0 Å². The Hall–Kier alpha value is -1.35. The van der Waals surface area contributed by atoms with Gasteiger partial charge in [0.2, 0.25) is 5.24 Å². The highest BCUT2D eigenvalue weighted by Gasteiger charge is 2.36. The van der Waals surface area contributed by atoms with Crippen LogP contribution in [0.1, 0.15) is 47.2 Å². The Morgan fingerprint density at radius 3 is 2.55 bits per heavy atom. The average molecular weight is 292 g/mol. The average Bonchev–Trinajstić information content (AvgIpc) is 2.78. The van der Waals surface area contributed by atoms with E-state index in [2.05, 4.69) is 13.0 Å². The van der Waals surface area contributed by atoms with Crippen molar-refractivity contribution in [3.05, 3.63) is 34.9 Å². The number of carbonyl (C=O) groups is 2. The third-order valence-corrected chi connectivity index (χ3v) is 5.00. The summed E-state index contributed by atoms with van der Waals surface area (Å²) in [5.74, 6) is 0.124. The highest BCUT2D eigenvalue weighted by molar-refractivity contribution is 6.63. The molecule has 3 nitrogen and oxygen atoms in total. The molecule has 1 aliphatic heterocycles. The first-order valence-corrected chi connectivity index (χ1v) is 7.54. The fraction of sp³-hybridized carbons (Fsp3) is 0.500. The summed E-state index contributed by atoms with van der Waals surface area (Å²) >= 11 is 5.57. The zero-order valence-corrected chi connectivity index (χ0v) is 12.3. The Kier molecular flexibility index (Phi) is 3.55. The lowest BCUT2D eigenvalue weighted by atomic mass is 9.86. The number of halogens is 1. The van der Waals surface area contributed by atoms with Gasteiger partial charge in [0.1, 0.15) is 0 Å². The van der Waals surface area contributed by atoms with Gasteiger partial charge in [0.25, 0.3) is 5.91 Å². The molecule has 0 radical (unpaired) electrons. The number of amides is 1. The van der Waals surface area contributed by atoms with Crippen molar-refractivity contribution in [3.8, 4) is 0 Å². The molecule has 0 bridgehead atoms. The highest BCUT2D eigenvalue weighted by atomic mass is 35.5. The number of benzene rings is 1. The second-order valence-electron chi connectivity index (χ2n) is 5.84. The minimum absolute atomic E-state index is 0.0188. The molecule has 1 heterocycles. The molecule has 0 spiro atoms. The minimum atomic E-state index is -0.227. The molecule has 4 heteroatoms. The molecular formula is C16H18ClNO2. The first-order valence-electron chi connectivity index (χ1n) is 7.16. The van der Waals surface area contributed by atoms with Crippen molar-refractivity contribution in [2.24, 2.45) is 5.92 Å². The zero-order chi connectivity index (χ0) is 14.3. The molecule has 0 aromatic heterocycles. The fourth-order valence-corrected chi connectivity index (χ4v) is 3.64. The quantitative estimate of drug-likeness (QED) is 0.784. The maximum absolute atomic E-state index is 12.5. The molecule has 3 rings (SSSR count). The molecule has 20 heavy (non-hydrogen) atoms. The van der Waals surface area contributed by atoms with E-state index in [9.17, 15) is 9.59 Å². The van der Waals surface area contributed by atoms with Gasteiger partial charge in [-0.05, 0) is 61.4 Å². The van der Waals surface area contributed by atoms with Crippen LogP contribution in [-0.4, -0.2) is 22.1 Å². The molecule has 1 fully saturated rings. The molecule has 0 N–H and O–H groups in total. The van der Waals surface area contributed by atoms with Gasteiger partial charge in [-0.1, -0.05) is 12.1 Å². The Morgan fingerprint density at radius 2 is 1.95 bits per heavy atom. The number of nitrogens with zero attached hydrogens (tertiary/aromatic N) is 1. The molecule has 1 aromatic rings. The van der Waals surface area contributed by atoms with Gasteiger partial charge in [-0.2, -0.15) is 0 Å². The van der Waals surface area contributed by atoms with Crippen LogP contribution in [-0.2, 0) is 11.3 Å². The summed E-state index contributed by atoms with van der Waals surface area (Å²) < 4.78 is 0. The largest absolute Gasteiger partial charge is 0.331 e. The molecule has 1 saturated carbocycles. The topological polar surface area (TPSA) is 37.4 Å². The van der Waals surface area contributed by atoms with Crippen LogP contribution in [0.25, 0.3) is 0 Å². The number of aryl methyl sites for hydroxylation is 1. The maximum Gasteiger partial charge on any atom is 0.254 e. The van der Waals surface area contributed by atoms with Gasteiger partial charge in [0, 0.05) is 24.1 Å². The Bertz CT molecular complexity index is 562. The van der Waals surface area contributed by atoms with Crippen LogP contribution in [0.2, 0.25) is 0 Å². The zero-order valence-electron chi connectivity index (χ0n) is 11.6. The summed E-state index contributed by atoms with van der Waals surface area (Å²) in [6.07, 6.45) is 3.35. The predicted octanol–water partition coefficient (Wildman–Crippen LogP) is 3.28. The summed E-state index contributed by atoms with van der Waals surface area (Å²) in [4.78, 5) is 25.7. The SMILES string of the molecule is Cc1cccc2c1CN(C1CCC(C(=O)Cl)CC1)C2=O. The van der Waals surface area contributed by atoms with Crippen LogP contribution in [0.4, 0.5) is 0 Å². The van der Waals surface area contributed by atoms with Gasteiger partial charge in [-0.25, -0.2) is 0 Å². The fourth-order valence-electron chi connectivity index (χ4n) is 3.42. The number of hydrogen-bond acceptors (Lipinski definition) is 2. The second kappa shape index (κ2) is 5.21. The van der Waals surface area contributed by atoms with E-state index in [1.807, 2.05) is 17.0 Å². The molecule has 2 aliphatic rings. The van der Waals surface area contributed by atoms with Crippen molar-refractivity contribution in [1.29, 1.82) is 0 Å². The Morgan fingerprint density at radius 1 is 1.25 bits per heavy atom. The van der Waals surface area contributed by atoms with E-state index in [0.29, 0.717) is 6.54 Å². The first-order chi connectivity index (χ1) is 9.58. The van der Waals surface area contributed by atoms with Crippen molar-refractivity contribution >= 4 is 22.8 Å². The standard InChI is InChI=1S/C16H18ClNO2/c1-10-3-2-4-13-14(10)9-18(16(13)20)12-7-5-11(6-8-12)15(17)19/h2-4,11-12H,5-9H2,1H3. The molecule has 0 saturated heterocycles. The van der Waals surface area contributed by atoms with E-state index >= 15 is 0 Å². The lowest BCUT2D eigenvalue weighted by molar-refractivity contribution is -0.116. The monoisotopic (exact) mass is 291 g/mol. The molecule has 1 aromatic carbocycles. The molecule has 0 unspecified atom stereocenters. The van der Waals surface area contributed by atoms with Crippen molar-refractivity contribution in [1.82, 2.24) is 4.90 Å². The van der Waals surface area contributed by atoms with Crippen LogP contribution in [0.5, 0.6) is 0 Å². The third kappa shape index (κ3) is 2.24. The molecule has 1 amide bonds. The van der Waals surface area contributed by atoms with Gasteiger partial charge < -0.3 is 4.90 Å². The lowest BCUT2D eigenvalue weighted by Gasteiger charge is -2.33. The smallest absolute Gasteiger partial charge is 0.254 e. The van der Waals surface area contributed by atoms with E-state index in [4.69, 9.17) is 11.6 Å². The van der Waals surface area contributed by atoms with E-state index < -0.39 is 0 Å². The maximum atomic E-state index is 12.5. The number of carbonyl (C=O) groups excluding carboxylic acids is 2. The van der Waals surface area contributed by atoms with Crippen LogP contribution in [0.15, 0.2) is 18.2 Å². The number of hydrogen-bond donors (Lipinski definition) is 0. The summed E-state index contributed by atoms with van der Waals surface area (Å²) in [5.41, 5.74) is 3.19. The Labute approximate surface area is 123 Å². The van der Waals surface area contributed by atoms with Crippen LogP contribution >= 0.6 is 11.6 Å². The second-order valence-corrected chi connectivity index (χ2v) is 6.22. The normalized spacial score (nSPS) is 25.7. The van der Waals surface area contributed by atoms with Gasteiger partial charge in [-0.15, -0.1) is 0 Å². The molecule has 1 aliphatic carbocycles. The van der Waals surface area contributed by atoms with Crippen molar-refractivity contribution < 1.29 is 9.59 Å². The highest BCUT2D eigenvalue weighted by Crippen LogP contribution is 2.34. The summed E-state index contributed by atoms with van der Waals surface area (Å²) in [6, 6.07) is 6.16. The predicted molar refractivity (Wildman–Crippen MR) is 77.7 cm³/mol. The van der Waals surface area contributed by atoms with Crippen molar-refractivity contribution in [2.45, 2.75) is 45.2 Å². The van der Waals surface area contributed by atoms with Crippen LogP contribution < -0.4 is 0 Å². The molecule has 106 valence electrons. The van der Waals surface area contributed by atoms with Gasteiger partial charge >= 0.3 is 0 Å². The van der Waals surface area contributed by atoms with E-state index in [1.165, 1.54) is 5.56 Å². The van der Waals surface area contributed by atoms with Crippen LogP contribution in [0, 0.1) is 12.8 Å². The molecular weight excluding hydrogens is 274 g/mol.